The van der Waals surface area contributed by atoms with E-state index in [1.165, 1.54) is 55.4 Å². The van der Waals surface area contributed by atoms with Crippen molar-refractivity contribution in [3.8, 4) is 34.2 Å². The zero-order valence-corrected chi connectivity index (χ0v) is 22.8. The molecule has 6 rings (SSSR count). The van der Waals surface area contributed by atoms with Gasteiger partial charge in [-0.1, -0.05) is 0 Å². The molecule has 40 heavy (non-hydrogen) atoms. The van der Waals surface area contributed by atoms with Gasteiger partial charge >= 0.3 is 0 Å². The Morgan fingerprint density at radius 2 is 1.02 bits per heavy atom. The van der Waals surface area contributed by atoms with E-state index in [-0.39, 0.29) is 11.6 Å². The maximum absolute atomic E-state index is 13.7. The van der Waals surface area contributed by atoms with Crippen molar-refractivity contribution in [3.63, 3.8) is 0 Å². The second-order valence-corrected chi connectivity index (χ2v) is 10.4. The number of rotatable bonds is 9. The Labute approximate surface area is 233 Å². The number of aryl methyl sites for hydroxylation is 2. The molecule has 0 bridgehead atoms. The molecule has 0 unspecified atom stereocenters. The van der Waals surface area contributed by atoms with E-state index in [0.29, 0.717) is 57.3 Å². The number of nitrogens with zero attached hydrogens (tertiary/aromatic N) is 12. The van der Waals surface area contributed by atoms with E-state index in [9.17, 15) is 8.78 Å². The van der Waals surface area contributed by atoms with Crippen molar-refractivity contribution < 1.29 is 8.78 Å². The minimum Gasteiger partial charge on any atom is -0.226 e. The highest BCUT2D eigenvalue weighted by Crippen LogP contribution is 2.45. The monoisotopic (exact) mass is 578 g/mol. The highest BCUT2D eigenvalue weighted by Gasteiger charge is 2.24. The van der Waals surface area contributed by atoms with Gasteiger partial charge < -0.3 is 0 Å². The van der Waals surface area contributed by atoms with Crippen LogP contribution in [-0.4, -0.2) is 60.0 Å². The average Bonchev–Trinajstić information content (AvgIpc) is 3.78. The van der Waals surface area contributed by atoms with Crippen LogP contribution in [0.1, 0.15) is 13.8 Å². The lowest BCUT2D eigenvalue weighted by molar-refractivity contribution is 0.552. The number of benzene rings is 2. The standard InChI is InChI=1S/C24H20F2N12S2/c1-3-35-31-21(29-33-35)19-13-27-37(17-9-5-15(25)6-10-17)23(19)39-40-24-20(22-30-34-36(4-2)32-22)14-28-38(24)18-11-7-16(26)8-12-18/h5-14H,3-4H2,1-2H3. The summed E-state index contributed by atoms with van der Waals surface area (Å²) in [6.07, 6.45) is 3.30. The third-order valence-corrected chi connectivity index (χ3v) is 8.13. The first-order chi connectivity index (χ1) is 19.5. The molecule has 202 valence electrons. The largest absolute Gasteiger partial charge is 0.226 e. The summed E-state index contributed by atoms with van der Waals surface area (Å²) in [5, 5.41) is 35.9. The Morgan fingerprint density at radius 3 is 1.38 bits per heavy atom. The quantitative estimate of drug-likeness (QED) is 0.227. The van der Waals surface area contributed by atoms with Crippen molar-refractivity contribution in [2.75, 3.05) is 0 Å². The molecule has 0 saturated heterocycles. The summed E-state index contributed by atoms with van der Waals surface area (Å²) in [6.45, 7) is 4.95. The van der Waals surface area contributed by atoms with Gasteiger partial charge in [0, 0.05) is 0 Å². The summed E-state index contributed by atoms with van der Waals surface area (Å²) < 4.78 is 30.7. The van der Waals surface area contributed by atoms with Crippen molar-refractivity contribution in [1.82, 2.24) is 60.0 Å². The van der Waals surface area contributed by atoms with Gasteiger partial charge in [-0.2, -0.15) is 19.8 Å². The van der Waals surface area contributed by atoms with Gasteiger partial charge in [-0.3, -0.25) is 0 Å². The first-order valence-corrected chi connectivity index (χ1v) is 14.3. The summed E-state index contributed by atoms with van der Waals surface area (Å²) >= 11 is 0. The van der Waals surface area contributed by atoms with E-state index in [4.69, 9.17) is 0 Å². The van der Waals surface area contributed by atoms with Gasteiger partial charge in [-0.25, -0.2) is 18.1 Å². The highest BCUT2D eigenvalue weighted by atomic mass is 33.1. The lowest BCUT2D eigenvalue weighted by atomic mass is 10.3. The molecule has 0 radical (unpaired) electrons. The lowest BCUT2D eigenvalue weighted by Gasteiger charge is -2.10. The average molecular weight is 579 g/mol. The molecule has 0 aliphatic carbocycles. The van der Waals surface area contributed by atoms with Crippen LogP contribution in [-0.2, 0) is 13.1 Å². The molecular weight excluding hydrogens is 558 g/mol. The minimum atomic E-state index is -0.354. The third kappa shape index (κ3) is 4.98. The Balaban J connectivity index is 1.44. The molecule has 4 aromatic heterocycles. The zero-order valence-electron chi connectivity index (χ0n) is 21.1. The number of halogens is 2. The van der Waals surface area contributed by atoms with Gasteiger partial charge in [0.25, 0.3) is 0 Å². The molecule has 0 saturated carbocycles. The summed E-state index contributed by atoms with van der Waals surface area (Å²) in [7, 11) is 2.74. The van der Waals surface area contributed by atoms with Crippen LogP contribution in [0.15, 0.2) is 71.0 Å². The van der Waals surface area contributed by atoms with Gasteiger partial charge in [-0.05, 0) is 94.4 Å². The second-order valence-electron chi connectivity index (χ2n) is 8.27. The van der Waals surface area contributed by atoms with Crippen LogP contribution in [0.4, 0.5) is 8.78 Å². The van der Waals surface area contributed by atoms with Crippen LogP contribution in [0.3, 0.4) is 0 Å². The van der Waals surface area contributed by atoms with Crippen molar-refractivity contribution in [1.29, 1.82) is 0 Å². The normalized spacial score (nSPS) is 11.4. The molecule has 0 spiro atoms. The zero-order chi connectivity index (χ0) is 27.6. The molecule has 0 aliphatic rings. The first kappa shape index (κ1) is 25.8. The summed E-state index contributed by atoms with van der Waals surface area (Å²) in [4.78, 5) is 2.97. The SMILES string of the molecule is CCn1nnc(-c2cnn(-c3ccc(F)cc3)c2SSc2c(-c3nnn(CC)n3)cnn2-c2ccc(F)cc2)n1. The van der Waals surface area contributed by atoms with Crippen LogP contribution in [0, 0.1) is 11.6 Å². The molecule has 0 aliphatic heterocycles. The van der Waals surface area contributed by atoms with E-state index < -0.39 is 0 Å². The van der Waals surface area contributed by atoms with Gasteiger partial charge in [0.2, 0.25) is 11.6 Å². The van der Waals surface area contributed by atoms with Crippen LogP contribution in [0.25, 0.3) is 34.2 Å². The summed E-state index contributed by atoms with van der Waals surface area (Å²) in [5.74, 6) is 0.0942. The number of hydrogen-bond acceptors (Lipinski definition) is 10. The number of hydrogen-bond donors (Lipinski definition) is 0. The van der Waals surface area contributed by atoms with Gasteiger partial charge in [0.15, 0.2) is 0 Å². The Kier molecular flexibility index (Phi) is 7.08. The van der Waals surface area contributed by atoms with Crippen molar-refractivity contribution in [3.05, 3.63) is 72.6 Å². The van der Waals surface area contributed by atoms with E-state index >= 15 is 0 Å². The van der Waals surface area contributed by atoms with E-state index in [0.717, 1.165) is 0 Å². The van der Waals surface area contributed by atoms with Gasteiger partial charge in [0.1, 0.15) is 21.7 Å². The Bertz CT molecular complexity index is 1630. The van der Waals surface area contributed by atoms with E-state index in [1.54, 1.807) is 46.0 Å². The minimum absolute atomic E-state index is 0.354. The molecule has 12 nitrogen and oxygen atoms in total. The Morgan fingerprint density at radius 1 is 0.625 bits per heavy atom. The first-order valence-electron chi connectivity index (χ1n) is 12.1. The molecule has 16 heteroatoms. The van der Waals surface area contributed by atoms with Crippen molar-refractivity contribution >= 4 is 21.6 Å². The predicted molar refractivity (Wildman–Crippen MR) is 144 cm³/mol. The fourth-order valence-corrected chi connectivity index (χ4v) is 6.23. The molecule has 4 heterocycles. The summed E-state index contributed by atoms with van der Waals surface area (Å²) in [5.41, 5.74) is 2.59. The highest BCUT2D eigenvalue weighted by molar-refractivity contribution is 8.76. The maximum Gasteiger partial charge on any atom is 0.209 e. The van der Waals surface area contributed by atoms with Crippen LogP contribution < -0.4 is 0 Å². The molecule has 6 aromatic rings. The molecular formula is C24H20F2N12S2. The van der Waals surface area contributed by atoms with Crippen LogP contribution in [0.2, 0.25) is 0 Å². The number of tetrazole rings is 2. The second kappa shape index (κ2) is 11.0. The predicted octanol–water partition coefficient (Wildman–Crippen LogP) is 4.48. The third-order valence-electron chi connectivity index (χ3n) is 5.75. The van der Waals surface area contributed by atoms with Gasteiger partial charge in [0.05, 0.1) is 48.0 Å². The van der Waals surface area contributed by atoms with Crippen molar-refractivity contribution in [2.45, 2.75) is 37.0 Å². The van der Waals surface area contributed by atoms with Crippen molar-refractivity contribution in [2.24, 2.45) is 0 Å². The molecule has 0 atom stereocenters. The van der Waals surface area contributed by atoms with Crippen LogP contribution in [0.5, 0.6) is 0 Å². The van der Waals surface area contributed by atoms with E-state index in [2.05, 4.69) is 41.0 Å². The lowest BCUT2D eigenvalue weighted by Crippen LogP contribution is -2.00. The molecule has 0 amide bonds. The molecule has 0 fully saturated rings. The van der Waals surface area contributed by atoms with Crippen LogP contribution >= 0.6 is 21.6 Å². The van der Waals surface area contributed by atoms with Gasteiger partial charge in [-0.15, -0.1) is 20.4 Å². The number of aromatic nitrogens is 12. The molecule has 0 N–H and O–H groups in total. The smallest absolute Gasteiger partial charge is 0.209 e. The Hall–Kier alpha value is -4.44. The van der Waals surface area contributed by atoms with E-state index in [1.807, 2.05) is 13.8 Å². The fraction of sp³-hybridized carbons (Fsp3) is 0.167. The topological polar surface area (TPSA) is 123 Å². The fourth-order valence-electron chi connectivity index (χ4n) is 3.72. The summed E-state index contributed by atoms with van der Waals surface area (Å²) in [6, 6.07) is 12.0. The molecule has 2 aromatic carbocycles. The maximum atomic E-state index is 13.7.